The Balaban J connectivity index is 1.98. The molecule has 0 spiro atoms. The number of aromatic nitrogens is 3. The van der Waals surface area contributed by atoms with Gasteiger partial charge >= 0.3 is 0 Å². The highest BCUT2D eigenvalue weighted by Crippen LogP contribution is 2.12. The van der Waals surface area contributed by atoms with Gasteiger partial charge in [-0.05, 0) is 24.3 Å². The lowest BCUT2D eigenvalue weighted by molar-refractivity contribution is 1.00. The molecule has 2 N–H and O–H groups in total. The molecule has 0 atom stereocenters. The smallest absolute Gasteiger partial charge is 0.113 e. The molecule has 3 aromatic rings. The van der Waals surface area contributed by atoms with E-state index in [9.17, 15) is 0 Å². The zero-order chi connectivity index (χ0) is 10.1. The number of H-pyrrole nitrogens is 2. The van der Waals surface area contributed by atoms with Gasteiger partial charge in [0.15, 0.2) is 0 Å². The first-order valence-corrected chi connectivity index (χ1v) is 4.98. The van der Waals surface area contributed by atoms with Crippen molar-refractivity contribution in [3.63, 3.8) is 0 Å². The lowest BCUT2D eigenvalue weighted by Crippen LogP contribution is -1.89. The van der Waals surface area contributed by atoms with Crippen molar-refractivity contribution in [3.05, 3.63) is 54.1 Å². The predicted molar refractivity (Wildman–Crippen MR) is 59.7 cm³/mol. The Morgan fingerprint density at radius 2 is 2.00 bits per heavy atom. The van der Waals surface area contributed by atoms with Crippen LogP contribution in [0.2, 0.25) is 0 Å². The van der Waals surface area contributed by atoms with Crippen molar-refractivity contribution < 1.29 is 0 Å². The maximum atomic E-state index is 4.51. The van der Waals surface area contributed by atoms with Crippen LogP contribution in [0, 0.1) is 0 Å². The van der Waals surface area contributed by atoms with E-state index >= 15 is 0 Å². The fourth-order valence-corrected chi connectivity index (χ4v) is 1.75. The molecule has 0 aliphatic carbocycles. The van der Waals surface area contributed by atoms with Gasteiger partial charge in [0.25, 0.3) is 0 Å². The molecule has 3 heteroatoms. The maximum absolute atomic E-state index is 4.51. The van der Waals surface area contributed by atoms with Crippen LogP contribution in [-0.2, 0) is 6.42 Å². The number of hydrogen-bond acceptors (Lipinski definition) is 1. The standard InChI is InChI=1S/C12H11N3/c1-2-6-11-10(5-1)14-12(15-11)8-9-4-3-7-13-9/h1-7,13H,8H2,(H,14,15). The summed E-state index contributed by atoms with van der Waals surface area (Å²) >= 11 is 0. The molecule has 0 saturated heterocycles. The summed E-state index contributed by atoms with van der Waals surface area (Å²) < 4.78 is 0. The SMILES string of the molecule is c1c[nH]c(Cc2nc3ccccc3[nH]2)c1. The molecule has 1 aromatic carbocycles. The van der Waals surface area contributed by atoms with E-state index < -0.39 is 0 Å². The van der Waals surface area contributed by atoms with Crippen LogP contribution in [0.4, 0.5) is 0 Å². The second-order valence-electron chi connectivity index (χ2n) is 3.57. The Kier molecular flexibility index (Phi) is 1.81. The summed E-state index contributed by atoms with van der Waals surface area (Å²) in [5, 5.41) is 0. The quantitative estimate of drug-likeness (QED) is 0.651. The molecule has 0 fully saturated rings. The van der Waals surface area contributed by atoms with Crippen LogP contribution in [0.5, 0.6) is 0 Å². The first kappa shape index (κ1) is 8.29. The Labute approximate surface area is 87.2 Å². The minimum atomic E-state index is 0.821. The van der Waals surface area contributed by atoms with Crippen molar-refractivity contribution in [2.45, 2.75) is 6.42 Å². The molecule has 0 aliphatic rings. The molecule has 2 heterocycles. The van der Waals surface area contributed by atoms with Gasteiger partial charge in [0.05, 0.1) is 11.0 Å². The highest BCUT2D eigenvalue weighted by Gasteiger charge is 2.02. The van der Waals surface area contributed by atoms with Crippen LogP contribution in [0.3, 0.4) is 0 Å². The Morgan fingerprint density at radius 3 is 2.80 bits per heavy atom. The second kappa shape index (κ2) is 3.28. The van der Waals surface area contributed by atoms with Crippen LogP contribution in [-0.4, -0.2) is 15.0 Å². The first-order chi connectivity index (χ1) is 7.42. The number of benzene rings is 1. The summed E-state index contributed by atoms with van der Waals surface area (Å²) in [5.41, 5.74) is 3.30. The van der Waals surface area contributed by atoms with Gasteiger partial charge in [0.1, 0.15) is 5.82 Å². The molecule has 15 heavy (non-hydrogen) atoms. The minimum absolute atomic E-state index is 0.821. The summed E-state index contributed by atoms with van der Waals surface area (Å²) in [7, 11) is 0. The van der Waals surface area contributed by atoms with Crippen LogP contribution in [0.1, 0.15) is 11.5 Å². The number of nitrogens with one attached hydrogen (secondary N) is 2. The van der Waals surface area contributed by atoms with E-state index in [1.54, 1.807) is 0 Å². The lowest BCUT2D eigenvalue weighted by atomic mass is 10.3. The summed E-state index contributed by atoms with van der Waals surface area (Å²) in [6.45, 7) is 0. The Bertz CT molecular complexity index is 530. The normalized spacial score (nSPS) is 10.9. The molecule has 2 aromatic heterocycles. The van der Waals surface area contributed by atoms with Gasteiger partial charge in [0, 0.05) is 18.3 Å². The average molecular weight is 197 g/mol. The summed E-state index contributed by atoms with van der Waals surface area (Å²) in [5.74, 6) is 0.999. The second-order valence-corrected chi connectivity index (χ2v) is 3.57. The average Bonchev–Trinajstić information content (AvgIpc) is 2.86. The molecular weight excluding hydrogens is 186 g/mol. The van der Waals surface area contributed by atoms with Crippen molar-refractivity contribution in [1.29, 1.82) is 0 Å². The van der Waals surface area contributed by atoms with Crippen molar-refractivity contribution in [1.82, 2.24) is 15.0 Å². The van der Waals surface area contributed by atoms with Crippen molar-refractivity contribution in [2.24, 2.45) is 0 Å². The van der Waals surface area contributed by atoms with Crippen LogP contribution in [0.15, 0.2) is 42.6 Å². The fourth-order valence-electron chi connectivity index (χ4n) is 1.75. The molecule has 0 bridgehead atoms. The van der Waals surface area contributed by atoms with E-state index in [0.717, 1.165) is 23.3 Å². The predicted octanol–water partition coefficient (Wildman–Crippen LogP) is 2.48. The van der Waals surface area contributed by atoms with Crippen molar-refractivity contribution >= 4 is 11.0 Å². The van der Waals surface area contributed by atoms with Crippen molar-refractivity contribution in [2.75, 3.05) is 0 Å². The van der Waals surface area contributed by atoms with Gasteiger partial charge in [-0.25, -0.2) is 4.98 Å². The number of nitrogens with zero attached hydrogens (tertiary/aromatic N) is 1. The lowest BCUT2D eigenvalue weighted by Gasteiger charge is -1.91. The number of imidazole rings is 1. The minimum Gasteiger partial charge on any atom is -0.365 e. The van der Waals surface area contributed by atoms with Gasteiger partial charge in [-0.15, -0.1) is 0 Å². The molecule has 0 saturated carbocycles. The summed E-state index contributed by atoms with van der Waals surface area (Å²) in [4.78, 5) is 11.0. The van der Waals surface area contributed by atoms with Gasteiger partial charge in [0.2, 0.25) is 0 Å². The number of para-hydroxylation sites is 2. The Morgan fingerprint density at radius 1 is 1.07 bits per heavy atom. The molecule has 0 aliphatic heterocycles. The third kappa shape index (κ3) is 1.52. The first-order valence-electron chi connectivity index (χ1n) is 4.98. The van der Waals surface area contributed by atoms with Gasteiger partial charge in [-0.2, -0.15) is 0 Å². The highest BCUT2D eigenvalue weighted by molar-refractivity contribution is 5.74. The zero-order valence-electron chi connectivity index (χ0n) is 8.20. The largest absolute Gasteiger partial charge is 0.365 e. The number of fused-ring (bicyclic) bond motifs is 1. The van der Waals surface area contributed by atoms with Gasteiger partial charge in [-0.1, -0.05) is 12.1 Å². The molecule has 74 valence electrons. The van der Waals surface area contributed by atoms with E-state index in [2.05, 4.69) is 21.0 Å². The van der Waals surface area contributed by atoms with Gasteiger partial charge < -0.3 is 9.97 Å². The van der Waals surface area contributed by atoms with E-state index in [0.29, 0.717) is 0 Å². The van der Waals surface area contributed by atoms with E-state index in [-0.39, 0.29) is 0 Å². The molecule has 3 rings (SSSR count). The van der Waals surface area contributed by atoms with Crippen LogP contribution >= 0.6 is 0 Å². The number of aromatic amines is 2. The molecule has 0 unspecified atom stereocenters. The molecular formula is C12H11N3. The molecule has 0 amide bonds. The van der Waals surface area contributed by atoms with Gasteiger partial charge in [-0.3, -0.25) is 0 Å². The Hall–Kier alpha value is -2.03. The summed E-state index contributed by atoms with van der Waals surface area (Å²) in [6.07, 6.45) is 2.75. The maximum Gasteiger partial charge on any atom is 0.113 e. The summed E-state index contributed by atoms with van der Waals surface area (Å²) in [6, 6.07) is 12.1. The van der Waals surface area contributed by atoms with E-state index in [1.807, 2.05) is 36.5 Å². The topological polar surface area (TPSA) is 44.5 Å². The molecule has 0 radical (unpaired) electrons. The number of hydrogen-bond donors (Lipinski definition) is 2. The molecule has 3 nitrogen and oxygen atoms in total. The van der Waals surface area contributed by atoms with Crippen LogP contribution < -0.4 is 0 Å². The number of rotatable bonds is 2. The highest BCUT2D eigenvalue weighted by atomic mass is 14.9. The fraction of sp³-hybridized carbons (Fsp3) is 0.0833. The van der Waals surface area contributed by atoms with E-state index in [4.69, 9.17) is 0 Å². The van der Waals surface area contributed by atoms with Crippen molar-refractivity contribution in [3.8, 4) is 0 Å². The third-order valence-electron chi connectivity index (χ3n) is 2.46. The zero-order valence-corrected chi connectivity index (χ0v) is 8.20. The third-order valence-corrected chi connectivity index (χ3v) is 2.46. The van der Waals surface area contributed by atoms with E-state index in [1.165, 1.54) is 5.69 Å². The van der Waals surface area contributed by atoms with Crippen LogP contribution in [0.25, 0.3) is 11.0 Å². The monoisotopic (exact) mass is 197 g/mol.